The Labute approximate surface area is 193 Å². The zero-order valence-corrected chi connectivity index (χ0v) is 18.9. The Bertz CT molecular complexity index is 1340. The molecule has 0 spiro atoms. The number of hydrogen-bond donors (Lipinski definition) is 1. The van der Waals surface area contributed by atoms with Crippen LogP contribution in [0.5, 0.6) is 0 Å². The van der Waals surface area contributed by atoms with Gasteiger partial charge in [-0.2, -0.15) is 0 Å². The maximum atomic E-state index is 13.4. The van der Waals surface area contributed by atoms with Crippen LogP contribution in [-0.2, 0) is 9.53 Å². The highest BCUT2D eigenvalue weighted by Gasteiger charge is 2.36. The molecule has 0 radical (unpaired) electrons. The number of carbonyl (C=O) groups excluding carboxylic acids is 1. The molecular weight excluding hydrogens is 412 g/mol. The number of carbonyl (C=O) groups is 1. The summed E-state index contributed by atoms with van der Waals surface area (Å²) in [6.07, 6.45) is 0. The highest BCUT2D eigenvalue weighted by molar-refractivity contribution is 6.03. The predicted molar refractivity (Wildman–Crippen MR) is 132 cm³/mol. The lowest BCUT2D eigenvalue weighted by molar-refractivity contribution is -0.138. The molecule has 166 valence electrons. The number of fused-ring (bicyclic) bond motifs is 3. The average Bonchev–Trinajstić information content (AvgIpc) is 3.22. The van der Waals surface area contributed by atoms with Crippen molar-refractivity contribution in [2.75, 3.05) is 30.9 Å². The highest BCUT2D eigenvalue weighted by Crippen LogP contribution is 2.42. The number of nitrogens with one attached hydrogen (secondary N) is 1. The van der Waals surface area contributed by atoms with Gasteiger partial charge in [0.25, 0.3) is 0 Å². The molecule has 0 aliphatic carbocycles. The Hall–Kier alpha value is -4.06. The van der Waals surface area contributed by atoms with Crippen LogP contribution in [0.3, 0.4) is 0 Å². The van der Waals surface area contributed by atoms with Crippen LogP contribution in [-0.4, -0.2) is 36.2 Å². The molecule has 0 bridgehead atoms. The van der Waals surface area contributed by atoms with Gasteiger partial charge < -0.3 is 15.0 Å². The van der Waals surface area contributed by atoms with E-state index in [1.54, 1.807) is 0 Å². The fourth-order valence-corrected chi connectivity index (χ4v) is 4.36. The Balaban J connectivity index is 1.80. The van der Waals surface area contributed by atoms with Crippen molar-refractivity contribution in [3.8, 4) is 0 Å². The largest absolute Gasteiger partial charge is 0.463 e. The van der Waals surface area contributed by atoms with Gasteiger partial charge in [-0.3, -0.25) is 4.57 Å². The van der Waals surface area contributed by atoms with E-state index in [4.69, 9.17) is 9.72 Å². The summed E-state index contributed by atoms with van der Waals surface area (Å²) in [6, 6.07) is 25.8. The smallest absolute Gasteiger partial charge is 0.338 e. The summed E-state index contributed by atoms with van der Waals surface area (Å²) in [5.74, 6) is 0.360. The minimum absolute atomic E-state index is 0.300. The molecule has 5 rings (SSSR count). The minimum Gasteiger partial charge on any atom is -0.463 e. The van der Waals surface area contributed by atoms with Gasteiger partial charge in [-0.1, -0.05) is 54.6 Å². The van der Waals surface area contributed by atoms with Gasteiger partial charge in [0.1, 0.15) is 0 Å². The molecular formula is C27H26N4O2. The monoisotopic (exact) mass is 438 g/mol. The molecule has 3 aromatic carbocycles. The van der Waals surface area contributed by atoms with Crippen LogP contribution in [0.1, 0.15) is 24.1 Å². The van der Waals surface area contributed by atoms with E-state index in [-0.39, 0.29) is 12.0 Å². The highest BCUT2D eigenvalue weighted by atomic mass is 16.5. The maximum Gasteiger partial charge on any atom is 0.338 e. The molecule has 0 saturated heterocycles. The third-order valence-corrected chi connectivity index (χ3v) is 5.92. The second kappa shape index (κ2) is 8.47. The molecule has 1 aliphatic rings. The van der Waals surface area contributed by atoms with Gasteiger partial charge in [-0.05, 0) is 42.3 Å². The number of benzene rings is 3. The molecule has 1 unspecified atom stereocenters. The fourth-order valence-electron chi connectivity index (χ4n) is 4.36. The minimum atomic E-state index is -0.390. The van der Waals surface area contributed by atoms with E-state index in [0.717, 1.165) is 33.5 Å². The molecule has 0 amide bonds. The van der Waals surface area contributed by atoms with E-state index < -0.39 is 0 Å². The maximum absolute atomic E-state index is 13.4. The normalized spacial score (nSPS) is 15.2. The third kappa shape index (κ3) is 3.63. The summed E-state index contributed by atoms with van der Waals surface area (Å²) in [5.41, 5.74) is 6.10. The number of para-hydroxylation sites is 2. The van der Waals surface area contributed by atoms with Crippen LogP contribution < -0.4 is 10.2 Å². The molecule has 2 heterocycles. The first kappa shape index (κ1) is 20.8. The molecule has 1 N–H and O–H groups in total. The fraction of sp³-hybridized carbons (Fsp3) is 0.185. The van der Waals surface area contributed by atoms with E-state index in [1.807, 2.05) is 75.6 Å². The van der Waals surface area contributed by atoms with E-state index >= 15 is 0 Å². The summed E-state index contributed by atoms with van der Waals surface area (Å²) in [4.78, 5) is 20.4. The first-order chi connectivity index (χ1) is 16.1. The molecule has 0 saturated carbocycles. The summed E-state index contributed by atoms with van der Waals surface area (Å²) in [7, 11) is 4.02. The second-order valence-corrected chi connectivity index (χ2v) is 8.18. The number of ether oxygens (including phenoxy) is 1. The quantitative estimate of drug-likeness (QED) is 0.440. The van der Waals surface area contributed by atoms with Gasteiger partial charge in [0, 0.05) is 19.8 Å². The molecule has 33 heavy (non-hydrogen) atoms. The molecule has 1 aromatic heterocycles. The van der Waals surface area contributed by atoms with Crippen LogP contribution in [0.15, 0.2) is 84.4 Å². The van der Waals surface area contributed by atoms with Crippen molar-refractivity contribution < 1.29 is 9.53 Å². The van der Waals surface area contributed by atoms with Gasteiger partial charge in [-0.25, -0.2) is 9.78 Å². The number of rotatable bonds is 5. The van der Waals surface area contributed by atoms with E-state index in [2.05, 4.69) is 39.0 Å². The van der Waals surface area contributed by atoms with Crippen molar-refractivity contribution in [2.45, 2.75) is 13.0 Å². The Kier molecular flexibility index (Phi) is 5.34. The van der Waals surface area contributed by atoms with Gasteiger partial charge >= 0.3 is 5.97 Å². The first-order valence-electron chi connectivity index (χ1n) is 11.1. The number of aromatic nitrogens is 2. The number of nitrogens with zero attached hydrogens (tertiary/aromatic N) is 3. The van der Waals surface area contributed by atoms with Gasteiger partial charge in [0.15, 0.2) is 0 Å². The van der Waals surface area contributed by atoms with Crippen LogP contribution in [0, 0.1) is 0 Å². The summed E-state index contributed by atoms with van der Waals surface area (Å²) in [6.45, 7) is 2.13. The summed E-state index contributed by atoms with van der Waals surface area (Å²) >= 11 is 0. The Morgan fingerprint density at radius 2 is 1.70 bits per heavy atom. The van der Waals surface area contributed by atoms with Crippen molar-refractivity contribution in [3.63, 3.8) is 0 Å². The standard InChI is InChI=1S/C27H26N4O2/c1-4-33-26(32)23-24(18-10-6-5-7-11-18)29-27-28-21-12-8-9-13-22(21)31(27)25(23)19-14-16-20(17-15-19)30(2)3/h5-17,25H,4H2,1-3H3,(H,28,29). The van der Waals surface area contributed by atoms with Gasteiger partial charge in [0.05, 0.1) is 35.0 Å². The Morgan fingerprint density at radius 3 is 2.39 bits per heavy atom. The van der Waals surface area contributed by atoms with Crippen molar-refractivity contribution >= 4 is 34.3 Å². The average molecular weight is 439 g/mol. The number of anilines is 2. The summed E-state index contributed by atoms with van der Waals surface area (Å²) < 4.78 is 7.67. The number of esters is 1. The predicted octanol–water partition coefficient (Wildman–Crippen LogP) is 5.09. The third-order valence-electron chi connectivity index (χ3n) is 5.92. The van der Waals surface area contributed by atoms with Crippen LogP contribution in [0.25, 0.3) is 16.7 Å². The van der Waals surface area contributed by atoms with Gasteiger partial charge in [-0.15, -0.1) is 0 Å². The van der Waals surface area contributed by atoms with Crippen molar-refractivity contribution in [1.82, 2.24) is 9.55 Å². The topological polar surface area (TPSA) is 59.4 Å². The molecule has 1 aliphatic heterocycles. The second-order valence-electron chi connectivity index (χ2n) is 8.18. The Morgan fingerprint density at radius 1 is 1.00 bits per heavy atom. The molecule has 4 aromatic rings. The molecule has 0 fully saturated rings. The molecule has 6 nitrogen and oxygen atoms in total. The van der Waals surface area contributed by atoms with Crippen molar-refractivity contribution in [2.24, 2.45) is 0 Å². The van der Waals surface area contributed by atoms with Crippen molar-refractivity contribution in [1.29, 1.82) is 0 Å². The van der Waals surface area contributed by atoms with E-state index in [9.17, 15) is 4.79 Å². The zero-order valence-electron chi connectivity index (χ0n) is 18.9. The SMILES string of the molecule is CCOC(=O)C1=C(c2ccccc2)Nc2nc3ccccc3n2C1c1ccc(N(C)C)cc1. The van der Waals surface area contributed by atoms with E-state index in [1.165, 1.54) is 0 Å². The lowest BCUT2D eigenvalue weighted by atomic mass is 9.92. The van der Waals surface area contributed by atoms with Crippen LogP contribution in [0.2, 0.25) is 0 Å². The van der Waals surface area contributed by atoms with Crippen molar-refractivity contribution in [3.05, 3.63) is 95.6 Å². The van der Waals surface area contributed by atoms with Crippen LogP contribution in [0.4, 0.5) is 11.6 Å². The molecule has 1 atom stereocenters. The number of hydrogen-bond acceptors (Lipinski definition) is 5. The zero-order chi connectivity index (χ0) is 22.9. The first-order valence-corrected chi connectivity index (χ1v) is 11.1. The van der Waals surface area contributed by atoms with Crippen LogP contribution >= 0.6 is 0 Å². The lowest BCUT2D eigenvalue weighted by Crippen LogP contribution is -2.29. The molecule has 6 heteroatoms. The lowest BCUT2D eigenvalue weighted by Gasteiger charge is -2.31. The summed E-state index contributed by atoms with van der Waals surface area (Å²) in [5, 5.41) is 3.44. The van der Waals surface area contributed by atoms with E-state index in [0.29, 0.717) is 18.1 Å². The van der Waals surface area contributed by atoms with Gasteiger partial charge in [0.2, 0.25) is 5.95 Å². The number of imidazole rings is 1.